The Morgan fingerprint density at radius 3 is 2.56 bits per heavy atom. The van der Waals surface area contributed by atoms with Gasteiger partial charge in [0.25, 0.3) is 5.56 Å². The summed E-state index contributed by atoms with van der Waals surface area (Å²) in [5, 5.41) is 0. The Balaban J connectivity index is 1.58. The lowest BCUT2D eigenvalue weighted by molar-refractivity contribution is 0.585. The zero-order valence-electron chi connectivity index (χ0n) is 19.8. The van der Waals surface area contributed by atoms with E-state index in [1.54, 1.807) is 0 Å². The van der Waals surface area contributed by atoms with E-state index < -0.39 is 0 Å². The molecule has 0 saturated carbocycles. The topological polar surface area (TPSA) is 37.6 Å². The van der Waals surface area contributed by atoms with E-state index in [0.717, 1.165) is 49.1 Å². The molecule has 3 aromatic carbocycles. The smallest absolute Gasteiger partial charge is 0.271 e. The number of hydrogen-bond acceptors (Lipinski definition) is 4. The molecule has 7 heteroatoms. The maximum absolute atomic E-state index is 13.9. The molecule has 36 heavy (non-hydrogen) atoms. The Morgan fingerprint density at radius 2 is 1.81 bits per heavy atom. The summed E-state index contributed by atoms with van der Waals surface area (Å²) in [4.78, 5) is 21.8. The lowest BCUT2D eigenvalue weighted by Crippen LogP contribution is -2.38. The Bertz CT molecular complexity index is 1710. The summed E-state index contributed by atoms with van der Waals surface area (Å²) in [6, 6.07) is 22.8. The van der Waals surface area contributed by atoms with Gasteiger partial charge in [-0.05, 0) is 81.4 Å². The van der Waals surface area contributed by atoms with Crippen LogP contribution in [0.25, 0.3) is 11.8 Å². The van der Waals surface area contributed by atoms with Crippen LogP contribution in [0.4, 0.5) is 5.69 Å². The average Bonchev–Trinajstić information content (AvgIpc) is 3.17. The summed E-state index contributed by atoms with van der Waals surface area (Å²) in [7, 11) is 4.03. The monoisotopic (exact) mass is 619 g/mol. The first-order chi connectivity index (χ1) is 17.4. The largest absolute Gasteiger partial charge is 0.377 e. The Kier molecular flexibility index (Phi) is 6.10. The van der Waals surface area contributed by atoms with Crippen LogP contribution in [0.2, 0.25) is 0 Å². The van der Waals surface area contributed by atoms with Crippen molar-refractivity contribution in [3.05, 3.63) is 123 Å². The summed E-state index contributed by atoms with van der Waals surface area (Å²) in [6.45, 7) is 0. The van der Waals surface area contributed by atoms with Gasteiger partial charge in [0.05, 0.1) is 22.0 Å². The molecule has 2 aliphatic rings. The molecule has 0 saturated heterocycles. The van der Waals surface area contributed by atoms with Gasteiger partial charge in [-0.1, -0.05) is 69.7 Å². The molecule has 0 radical (unpaired) electrons. The van der Waals surface area contributed by atoms with Gasteiger partial charge >= 0.3 is 0 Å². The van der Waals surface area contributed by atoms with Crippen LogP contribution in [0.15, 0.2) is 91.0 Å². The molecule has 2 heterocycles. The molecule has 0 amide bonds. The molecular weight excluding hydrogens is 598 g/mol. The van der Waals surface area contributed by atoms with Crippen LogP contribution in [0.5, 0.6) is 0 Å². The normalized spacial score (nSPS) is 16.8. The molecule has 1 unspecified atom stereocenters. The Labute approximate surface area is 230 Å². The van der Waals surface area contributed by atoms with Crippen molar-refractivity contribution in [2.75, 3.05) is 19.0 Å². The number of aromatic nitrogens is 1. The first kappa shape index (κ1) is 23.6. The van der Waals surface area contributed by atoms with Crippen molar-refractivity contribution in [2.45, 2.75) is 18.9 Å². The highest BCUT2D eigenvalue weighted by Gasteiger charge is 2.32. The SMILES string of the molecule is CN(C)c1ccc(C=c2sc3n(c2=O)C(c2ccc(Br)cc2)C2=C(N=3)c3ccccc3CC2)cc1Br. The van der Waals surface area contributed by atoms with E-state index in [9.17, 15) is 4.79 Å². The molecule has 1 aromatic heterocycles. The number of halogens is 2. The van der Waals surface area contributed by atoms with E-state index >= 15 is 0 Å². The van der Waals surface area contributed by atoms with Gasteiger partial charge < -0.3 is 4.90 Å². The fourth-order valence-electron chi connectivity index (χ4n) is 5.09. The molecule has 180 valence electrons. The number of benzene rings is 3. The standard InChI is InChI=1S/C29H23Br2N3OS/c1-33(2)24-14-7-17(15-23(24)31)16-25-28(35)34-27(19-8-11-20(30)12-9-19)22-13-10-18-5-3-4-6-21(18)26(22)32-29(34)36-25/h3-9,11-12,14-16,27H,10,13H2,1-2H3. The van der Waals surface area contributed by atoms with Gasteiger partial charge in [-0.2, -0.15) is 0 Å². The molecule has 6 rings (SSSR count). The zero-order valence-corrected chi connectivity index (χ0v) is 23.8. The molecule has 0 N–H and O–H groups in total. The Hall–Kier alpha value is -2.74. The van der Waals surface area contributed by atoms with Gasteiger partial charge in [-0.3, -0.25) is 9.36 Å². The van der Waals surface area contributed by atoms with Gasteiger partial charge in [0.1, 0.15) is 0 Å². The van der Waals surface area contributed by atoms with Gasteiger partial charge in [0, 0.05) is 28.6 Å². The number of fused-ring (bicyclic) bond motifs is 3. The summed E-state index contributed by atoms with van der Waals surface area (Å²) < 4.78 is 4.60. The fourth-order valence-corrected chi connectivity index (χ4v) is 7.11. The maximum Gasteiger partial charge on any atom is 0.271 e. The van der Waals surface area contributed by atoms with Crippen molar-refractivity contribution < 1.29 is 0 Å². The summed E-state index contributed by atoms with van der Waals surface area (Å²) in [6.07, 6.45) is 3.82. The van der Waals surface area contributed by atoms with E-state index in [1.165, 1.54) is 28.0 Å². The summed E-state index contributed by atoms with van der Waals surface area (Å²) >= 11 is 8.69. The lowest BCUT2D eigenvalue weighted by atomic mass is 9.83. The van der Waals surface area contributed by atoms with Crippen LogP contribution in [-0.4, -0.2) is 18.7 Å². The number of anilines is 1. The van der Waals surface area contributed by atoms with Gasteiger partial charge in [0.15, 0.2) is 4.80 Å². The molecule has 4 nitrogen and oxygen atoms in total. The van der Waals surface area contributed by atoms with Crippen molar-refractivity contribution in [3.8, 4) is 0 Å². The molecule has 1 aliphatic carbocycles. The third-order valence-electron chi connectivity index (χ3n) is 6.81. The predicted octanol–water partition coefficient (Wildman–Crippen LogP) is 5.91. The van der Waals surface area contributed by atoms with Crippen LogP contribution >= 0.6 is 43.2 Å². The number of nitrogens with zero attached hydrogens (tertiary/aromatic N) is 3. The van der Waals surface area contributed by atoms with E-state index in [4.69, 9.17) is 4.99 Å². The van der Waals surface area contributed by atoms with Crippen LogP contribution < -0.4 is 19.8 Å². The van der Waals surface area contributed by atoms with E-state index in [0.29, 0.717) is 4.53 Å². The molecular formula is C29H23Br2N3OS. The van der Waals surface area contributed by atoms with Crippen LogP contribution in [-0.2, 0) is 6.42 Å². The predicted molar refractivity (Wildman–Crippen MR) is 155 cm³/mol. The van der Waals surface area contributed by atoms with Crippen molar-refractivity contribution in [1.29, 1.82) is 0 Å². The van der Waals surface area contributed by atoms with E-state index in [-0.39, 0.29) is 11.6 Å². The molecule has 1 atom stereocenters. The molecule has 0 spiro atoms. The van der Waals surface area contributed by atoms with Crippen molar-refractivity contribution >= 4 is 60.7 Å². The summed E-state index contributed by atoms with van der Waals surface area (Å²) in [5.41, 5.74) is 7.92. The fraction of sp³-hybridized carbons (Fsp3) is 0.172. The number of hydrogen-bond donors (Lipinski definition) is 0. The highest BCUT2D eigenvalue weighted by Crippen LogP contribution is 2.41. The van der Waals surface area contributed by atoms with Gasteiger partial charge in [0.2, 0.25) is 0 Å². The highest BCUT2D eigenvalue weighted by atomic mass is 79.9. The first-order valence-electron chi connectivity index (χ1n) is 11.8. The minimum Gasteiger partial charge on any atom is -0.377 e. The molecule has 1 aliphatic heterocycles. The first-order valence-corrected chi connectivity index (χ1v) is 14.2. The zero-order chi connectivity index (χ0) is 25.0. The van der Waals surface area contributed by atoms with Crippen LogP contribution in [0, 0.1) is 0 Å². The third-order valence-corrected chi connectivity index (χ3v) is 8.96. The number of aryl methyl sites for hydroxylation is 1. The van der Waals surface area contributed by atoms with Gasteiger partial charge in [-0.25, -0.2) is 4.99 Å². The second-order valence-corrected chi connectivity index (χ2v) is 12.0. The maximum atomic E-state index is 13.9. The number of rotatable bonds is 3. The second-order valence-electron chi connectivity index (χ2n) is 9.27. The van der Waals surface area contributed by atoms with E-state index in [1.807, 2.05) is 42.9 Å². The van der Waals surface area contributed by atoms with E-state index in [2.05, 4.69) is 85.3 Å². The van der Waals surface area contributed by atoms with Crippen LogP contribution in [0.1, 0.15) is 34.7 Å². The van der Waals surface area contributed by atoms with Crippen LogP contribution in [0.3, 0.4) is 0 Å². The summed E-state index contributed by atoms with van der Waals surface area (Å²) in [5.74, 6) is 0. The lowest BCUT2D eigenvalue weighted by Gasteiger charge is -2.30. The third kappa shape index (κ3) is 4.03. The Morgan fingerprint density at radius 1 is 1.03 bits per heavy atom. The van der Waals surface area contributed by atoms with Crippen molar-refractivity contribution in [1.82, 2.24) is 4.57 Å². The number of thiazole rings is 1. The highest BCUT2D eigenvalue weighted by molar-refractivity contribution is 9.10. The second kappa shape index (κ2) is 9.29. The minimum absolute atomic E-state index is 0.00452. The molecule has 0 bridgehead atoms. The van der Waals surface area contributed by atoms with Crippen molar-refractivity contribution in [2.24, 2.45) is 4.99 Å². The molecule has 0 fully saturated rings. The number of allylic oxidation sites excluding steroid dienone is 1. The minimum atomic E-state index is -0.164. The van der Waals surface area contributed by atoms with Gasteiger partial charge in [-0.15, -0.1) is 0 Å². The van der Waals surface area contributed by atoms with Crippen molar-refractivity contribution in [3.63, 3.8) is 0 Å². The quantitative estimate of drug-likeness (QED) is 0.286. The molecule has 4 aromatic rings. The average molecular weight is 621 g/mol.